The van der Waals surface area contributed by atoms with Crippen molar-refractivity contribution in [3.05, 3.63) is 22.7 Å². The van der Waals surface area contributed by atoms with Crippen LogP contribution in [0.25, 0.3) is 0 Å². The molecule has 0 aliphatic carbocycles. The summed E-state index contributed by atoms with van der Waals surface area (Å²) in [6.07, 6.45) is -2.09. The highest BCUT2D eigenvalue weighted by Crippen LogP contribution is 2.28. The van der Waals surface area contributed by atoms with Gasteiger partial charge in [-0.3, -0.25) is 15.3 Å². The number of unbranched alkanes of at least 4 members (excludes halogenated alkanes) is 2. The molecule has 0 radical (unpaired) electrons. The lowest BCUT2D eigenvalue weighted by Crippen LogP contribution is -2.36. The number of carbonyl (C=O) groups excluding carboxylic acids is 1. The first-order valence-electron chi connectivity index (χ1n) is 8.28. The molecule has 0 amide bonds. The number of rotatable bonds is 8. The van der Waals surface area contributed by atoms with Gasteiger partial charge in [-0.2, -0.15) is 4.98 Å². The molecule has 4 N–H and O–H groups in total. The summed E-state index contributed by atoms with van der Waals surface area (Å²) in [5, 5.41) is 28.9. The molecule has 1 fully saturated rings. The van der Waals surface area contributed by atoms with Gasteiger partial charge in [-0.25, -0.2) is 9.59 Å². The number of aliphatic hydroxyl groups excluding tert-OH is 2. The van der Waals surface area contributed by atoms with E-state index in [9.17, 15) is 19.8 Å². The molecule has 0 saturated carbocycles. The number of hydrogen-bond acceptors (Lipinski definition) is 10. The van der Waals surface area contributed by atoms with Crippen molar-refractivity contribution >= 4 is 12.0 Å². The fraction of sp³-hybridized carbons (Fsp3) is 0.667. The SMILES string of the molecule is CCCCCOC(=O)OC[C@H]1O[C@@H](n2ccc(NO)nc2=O)[C@H](O)[C@@H]1O. The van der Waals surface area contributed by atoms with E-state index in [2.05, 4.69) is 4.98 Å². The predicted molar refractivity (Wildman–Crippen MR) is 86.7 cm³/mol. The zero-order valence-corrected chi connectivity index (χ0v) is 14.3. The smallest absolute Gasteiger partial charge is 0.434 e. The molecule has 1 aromatic heterocycles. The number of nitrogens with one attached hydrogen (secondary N) is 1. The van der Waals surface area contributed by atoms with Crippen molar-refractivity contribution < 1.29 is 34.4 Å². The molecule has 26 heavy (non-hydrogen) atoms. The van der Waals surface area contributed by atoms with E-state index in [0.717, 1.165) is 23.8 Å². The Labute approximate surface area is 149 Å². The second-order valence-corrected chi connectivity index (χ2v) is 5.78. The monoisotopic (exact) mass is 373 g/mol. The average Bonchev–Trinajstić information content (AvgIpc) is 2.91. The molecule has 2 heterocycles. The van der Waals surface area contributed by atoms with Gasteiger partial charge < -0.3 is 24.4 Å². The standard InChI is InChI=1S/C15H23N3O8/c1-2-3-4-7-24-15(22)25-8-9-11(19)12(20)13(26-9)18-6-5-10(17-23)16-14(18)21/h5-6,9,11-13,19-20,23H,2-4,7-8H2,1H3,(H,16,17,21)/t9-,11-,12-,13-/m1/s1. The van der Waals surface area contributed by atoms with Gasteiger partial charge in [0, 0.05) is 6.20 Å². The van der Waals surface area contributed by atoms with Crippen LogP contribution in [0.2, 0.25) is 0 Å². The van der Waals surface area contributed by atoms with Gasteiger partial charge >= 0.3 is 11.8 Å². The summed E-state index contributed by atoms with van der Waals surface area (Å²) in [6.45, 7) is 1.91. The number of aromatic nitrogens is 2. The summed E-state index contributed by atoms with van der Waals surface area (Å²) < 4.78 is 16.1. The van der Waals surface area contributed by atoms with Crippen molar-refractivity contribution in [2.45, 2.75) is 50.7 Å². The number of aliphatic hydroxyl groups is 2. The Hall–Kier alpha value is -2.21. The minimum absolute atomic E-state index is 0.0787. The van der Waals surface area contributed by atoms with Gasteiger partial charge in [-0.05, 0) is 12.5 Å². The maximum Gasteiger partial charge on any atom is 0.508 e. The number of nitrogens with zero attached hydrogens (tertiary/aromatic N) is 2. The number of carbonyl (C=O) groups is 1. The predicted octanol–water partition coefficient (Wildman–Crippen LogP) is 0.00700. The van der Waals surface area contributed by atoms with E-state index in [0.29, 0.717) is 0 Å². The molecule has 0 bridgehead atoms. The van der Waals surface area contributed by atoms with Crippen molar-refractivity contribution in [1.82, 2.24) is 9.55 Å². The molecule has 4 atom stereocenters. The van der Waals surface area contributed by atoms with Crippen LogP contribution >= 0.6 is 0 Å². The highest BCUT2D eigenvalue weighted by atomic mass is 16.7. The molecule has 0 aromatic carbocycles. The Kier molecular flexibility index (Phi) is 7.33. The van der Waals surface area contributed by atoms with Crippen LogP contribution in [-0.2, 0) is 14.2 Å². The first-order chi connectivity index (χ1) is 12.5. The number of hydrogen-bond donors (Lipinski definition) is 4. The van der Waals surface area contributed by atoms with Crippen LogP contribution in [0.5, 0.6) is 0 Å². The zero-order valence-electron chi connectivity index (χ0n) is 14.3. The molecule has 11 heteroatoms. The fourth-order valence-electron chi connectivity index (χ4n) is 2.46. The van der Waals surface area contributed by atoms with Crippen molar-refractivity contribution in [3.63, 3.8) is 0 Å². The first kappa shape index (κ1) is 20.1. The van der Waals surface area contributed by atoms with Crippen molar-refractivity contribution in [1.29, 1.82) is 0 Å². The summed E-state index contributed by atoms with van der Waals surface area (Å²) in [5.74, 6) is -0.0787. The van der Waals surface area contributed by atoms with Crippen molar-refractivity contribution in [2.75, 3.05) is 18.7 Å². The second-order valence-electron chi connectivity index (χ2n) is 5.78. The minimum atomic E-state index is -1.43. The average molecular weight is 373 g/mol. The largest absolute Gasteiger partial charge is 0.508 e. The quantitative estimate of drug-likeness (QED) is 0.278. The van der Waals surface area contributed by atoms with E-state index in [-0.39, 0.29) is 19.0 Å². The lowest BCUT2D eigenvalue weighted by atomic mass is 10.1. The van der Waals surface area contributed by atoms with Crippen molar-refractivity contribution in [2.24, 2.45) is 0 Å². The zero-order chi connectivity index (χ0) is 19.1. The van der Waals surface area contributed by atoms with E-state index in [4.69, 9.17) is 19.4 Å². The van der Waals surface area contributed by atoms with Crippen LogP contribution in [0, 0.1) is 0 Å². The third-order valence-corrected chi connectivity index (χ3v) is 3.89. The Morgan fingerprint density at radius 2 is 2.12 bits per heavy atom. The molecule has 1 aromatic rings. The van der Waals surface area contributed by atoms with E-state index in [1.807, 2.05) is 6.92 Å². The van der Waals surface area contributed by atoms with Gasteiger partial charge in [0.05, 0.1) is 6.61 Å². The summed E-state index contributed by atoms with van der Waals surface area (Å²) in [5.41, 5.74) is 0.915. The summed E-state index contributed by atoms with van der Waals surface area (Å²) >= 11 is 0. The Bertz CT molecular complexity index is 652. The molecule has 0 spiro atoms. The van der Waals surface area contributed by atoms with Gasteiger partial charge in [0.2, 0.25) is 0 Å². The molecule has 0 unspecified atom stereocenters. The molecule has 1 saturated heterocycles. The molecule has 1 aliphatic rings. The third kappa shape index (κ3) is 4.91. The van der Waals surface area contributed by atoms with Gasteiger partial charge in [0.1, 0.15) is 24.9 Å². The lowest BCUT2D eigenvalue weighted by molar-refractivity contribution is -0.0642. The van der Waals surface area contributed by atoms with Crippen LogP contribution in [0.3, 0.4) is 0 Å². The summed E-state index contributed by atoms with van der Waals surface area (Å²) in [4.78, 5) is 26.9. The Balaban J connectivity index is 1.91. The number of anilines is 1. The lowest BCUT2D eigenvalue weighted by Gasteiger charge is -2.17. The maximum atomic E-state index is 11.9. The van der Waals surface area contributed by atoms with E-state index >= 15 is 0 Å². The van der Waals surface area contributed by atoms with E-state index < -0.39 is 36.4 Å². The molecule has 2 rings (SSSR count). The van der Waals surface area contributed by atoms with Crippen LogP contribution in [0.4, 0.5) is 10.6 Å². The Morgan fingerprint density at radius 1 is 1.35 bits per heavy atom. The second kappa shape index (κ2) is 9.48. The molecule has 11 nitrogen and oxygen atoms in total. The first-order valence-corrected chi connectivity index (χ1v) is 8.28. The molecular formula is C15H23N3O8. The normalized spacial score (nSPS) is 25.1. The molecule has 146 valence electrons. The molecule has 1 aliphatic heterocycles. The van der Waals surface area contributed by atoms with Gasteiger partial charge in [0.15, 0.2) is 12.0 Å². The summed E-state index contributed by atoms with van der Waals surface area (Å²) in [7, 11) is 0. The molecular weight excluding hydrogens is 350 g/mol. The van der Waals surface area contributed by atoms with Gasteiger partial charge in [-0.15, -0.1) is 0 Å². The van der Waals surface area contributed by atoms with Crippen molar-refractivity contribution in [3.8, 4) is 0 Å². The highest BCUT2D eigenvalue weighted by Gasteiger charge is 2.44. The summed E-state index contributed by atoms with van der Waals surface area (Å²) in [6, 6.07) is 1.28. The van der Waals surface area contributed by atoms with E-state index in [1.54, 1.807) is 5.48 Å². The van der Waals surface area contributed by atoms with Gasteiger partial charge in [0.25, 0.3) is 0 Å². The highest BCUT2D eigenvalue weighted by molar-refractivity contribution is 5.59. The van der Waals surface area contributed by atoms with Crippen LogP contribution < -0.4 is 11.2 Å². The van der Waals surface area contributed by atoms with E-state index in [1.165, 1.54) is 12.3 Å². The Morgan fingerprint density at radius 3 is 2.77 bits per heavy atom. The van der Waals surface area contributed by atoms with Crippen LogP contribution in [-0.4, -0.2) is 62.7 Å². The fourth-order valence-corrected chi connectivity index (χ4v) is 2.46. The topological polar surface area (TPSA) is 152 Å². The number of ether oxygens (including phenoxy) is 3. The third-order valence-electron chi connectivity index (χ3n) is 3.89. The van der Waals surface area contributed by atoms with Crippen LogP contribution in [0.15, 0.2) is 17.1 Å². The van der Waals surface area contributed by atoms with Gasteiger partial charge in [-0.1, -0.05) is 19.8 Å². The van der Waals surface area contributed by atoms with Crippen LogP contribution in [0.1, 0.15) is 32.4 Å². The minimum Gasteiger partial charge on any atom is -0.434 e. The maximum absolute atomic E-state index is 11.9.